The van der Waals surface area contributed by atoms with E-state index in [0.29, 0.717) is 0 Å². The van der Waals surface area contributed by atoms with E-state index in [4.69, 9.17) is 9.84 Å². The molecule has 0 bridgehead atoms. The van der Waals surface area contributed by atoms with Gasteiger partial charge in [0.05, 0.1) is 0 Å². The minimum atomic E-state index is -1.09. The number of alkyl carbamates (subject to hydrolysis) is 1. The first kappa shape index (κ1) is 18.0. The molecule has 0 spiro atoms. The van der Waals surface area contributed by atoms with Crippen LogP contribution >= 0.6 is 0 Å². The molecule has 1 aromatic carbocycles. The van der Waals surface area contributed by atoms with Gasteiger partial charge in [0.25, 0.3) is 0 Å². The van der Waals surface area contributed by atoms with Crippen LogP contribution in [0.4, 0.5) is 4.79 Å². The van der Waals surface area contributed by atoms with Crippen molar-refractivity contribution in [1.29, 1.82) is 0 Å². The van der Waals surface area contributed by atoms with Gasteiger partial charge in [0.15, 0.2) is 0 Å². The van der Waals surface area contributed by atoms with Crippen LogP contribution in [0.5, 0.6) is 0 Å². The van der Waals surface area contributed by atoms with Crippen LogP contribution in [0, 0.1) is 0 Å². The first-order chi connectivity index (χ1) is 8.78. The summed E-state index contributed by atoms with van der Waals surface area (Å²) in [5.74, 6) is -1.09. The average molecular weight is 281 g/mol. The van der Waals surface area contributed by atoms with Crippen molar-refractivity contribution in [3.63, 3.8) is 0 Å². The maximum Gasteiger partial charge on any atom is 0.408 e. The number of carboxylic acid groups (broad SMARTS) is 1. The van der Waals surface area contributed by atoms with Crippen molar-refractivity contribution in [3.8, 4) is 0 Å². The largest absolute Gasteiger partial charge is 0.480 e. The van der Waals surface area contributed by atoms with Crippen LogP contribution in [0.2, 0.25) is 0 Å². The lowest BCUT2D eigenvalue weighted by molar-refractivity contribution is -0.139. The maximum absolute atomic E-state index is 11.6. The topological polar surface area (TPSA) is 75.6 Å². The van der Waals surface area contributed by atoms with E-state index in [1.165, 1.54) is 0 Å². The number of nitrogens with one attached hydrogen (secondary N) is 1. The molecule has 0 saturated carbocycles. The number of aliphatic carboxylic acids is 1. The lowest BCUT2D eigenvalue weighted by Crippen LogP contribution is -2.44. The molecule has 0 aromatic heterocycles. The number of amides is 1. The molecule has 0 fully saturated rings. The Morgan fingerprint density at radius 1 is 1.25 bits per heavy atom. The number of carbonyl (C=O) groups is 2. The molecule has 1 amide bonds. The minimum Gasteiger partial charge on any atom is -0.480 e. The van der Waals surface area contributed by atoms with Gasteiger partial charge in [-0.3, -0.25) is 0 Å². The highest BCUT2D eigenvalue weighted by molar-refractivity contribution is 5.80. The Morgan fingerprint density at radius 3 is 2.25 bits per heavy atom. The molecule has 0 heterocycles. The summed E-state index contributed by atoms with van der Waals surface area (Å²) in [6.45, 7) is 5.17. The highest BCUT2D eigenvalue weighted by atomic mass is 16.6. The van der Waals surface area contributed by atoms with Crippen LogP contribution in [0.3, 0.4) is 0 Å². The zero-order valence-corrected chi connectivity index (χ0v) is 11.3. The first-order valence-corrected chi connectivity index (χ1v) is 6.04. The van der Waals surface area contributed by atoms with Crippen molar-refractivity contribution in [1.82, 2.24) is 5.32 Å². The normalized spacial score (nSPS) is 11.9. The lowest BCUT2D eigenvalue weighted by atomic mass is 10.1. The standard InChI is InChI=1S/C14H19NO4.CH4/c1-14(2,3)19-13(18)15-11(12(16)17)9-10-7-5-4-6-8-10;/h4-8,11H,9H2,1-3H3,(H,15,18)(H,16,17);1H4/t11-;/m0./s1. The molecule has 0 saturated heterocycles. The molecule has 112 valence electrons. The summed E-state index contributed by atoms with van der Waals surface area (Å²) in [6, 6.07) is 8.11. The Morgan fingerprint density at radius 2 is 1.80 bits per heavy atom. The number of benzene rings is 1. The monoisotopic (exact) mass is 281 g/mol. The molecule has 1 aromatic rings. The molecule has 5 heteroatoms. The zero-order chi connectivity index (χ0) is 14.5. The average Bonchev–Trinajstić information content (AvgIpc) is 2.26. The molecular weight excluding hydrogens is 258 g/mol. The number of carboxylic acids is 1. The van der Waals surface area contributed by atoms with Gasteiger partial charge in [-0.15, -0.1) is 0 Å². The number of rotatable bonds is 4. The summed E-state index contributed by atoms with van der Waals surface area (Å²) < 4.78 is 5.04. The van der Waals surface area contributed by atoms with Crippen molar-refractivity contribution in [2.24, 2.45) is 0 Å². The molecule has 0 aliphatic rings. The van der Waals surface area contributed by atoms with Gasteiger partial charge in [0, 0.05) is 6.42 Å². The predicted molar refractivity (Wildman–Crippen MR) is 77.7 cm³/mol. The zero-order valence-electron chi connectivity index (χ0n) is 11.3. The number of ether oxygens (including phenoxy) is 1. The number of hydrogen-bond donors (Lipinski definition) is 2. The van der Waals surface area contributed by atoms with Gasteiger partial charge in [0.1, 0.15) is 11.6 Å². The molecule has 0 aliphatic heterocycles. The van der Waals surface area contributed by atoms with Crippen LogP contribution < -0.4 is 5.32 Å². The summed E-state index contributed by atoms with van der Waals surface area (Å²) >= 11 is 0. The second-order valence-corrected chi connectivity index (χ2v) is 5.23. The fraction of sp³-hybridized carbons (Fsp3) is 0.467. The Labute approximate surface area is 120 Å². The van der Waals surface area contributed by atoms with Gasteiger partial charge in [-0.05, 0) is 26.3 Å². The Kier molecular flexibility index (Phi) is 6.76. The van der Waals surface area contributed by atoms with E-state index in [1.54, 1.807) is 20.8 Å². The van der Waals surface area contributed by atoms with Crippen LogP contribution in [-0.4, -0.2) is 28.8 Å². The van der Waals surface area contributed by atoms with E-state index in [1.807, 2.05) is 30.3 Å². The molecule has 0 aliphatic carbocycles. The van der Waals surface area contributed by atoms with Crippen LogP contribution in [0.25, 0.3) is 0 Å². The van der Waals surface area contributed by atoms with Crippen molar-refractivity contribution < 1.29 is 19.4 Å². The van der Waals surface area contributed by atoms with Gasteiger partial charge >= 0.3 is 12.1 Å². The fourth-order valence-electron chi connectivity index (χ4n) is 1.50. The molecule has 20 heavy (non-hydrogen) atoms. The third-order valence-electron chi connectivity index (χ3n) is 2.27. The van der Waals surface area contributed by atoms with Crippen LogP contribution in [-0.2, 0) is 16.0 Å². The predicted octanol–water partition coefficient (Wildman–Crippen LogP) is 2.84. The maximum atomic E-state index is 11.6. The highest BCUT2D eigenvalue weighted by Crippen LogP contribution is 2.08. The third kappa shape index (κ3) is 6.78. The Balaban J connectivity index is 0.00000361. The number of carbonyl (C=O) groups excluding carboxylic acids is 1. The number of hydrogen-bond acceptors (Lipinski definition) is 3. The van der Waals surface area contributed by atoms with E-state index < -0.39 is 23.7 Å². The second kappa shape index (κ2) is 7.53. The molecule has 2 N–H and O–H groups in total. The van der Waals surface area contributed by atoms with Crippen molar-refractivity contribution >= 4 is 12.1 Å². The Hall–Kier alpha value is -2.04. The third-order valence-corrected chi connectivity index (χ3v) is 2.27. The van der Waals surface area contributed by atoms with Crippen LogP contribution in [0.15, 0.2) is 30.3 Å². The Bertz CT molecular complexity index is 437. The van der Waals surface area contributed by atoms with Gasteiger partial charge in [0.2, 0.25) is 0 Å². The van der Waals surface area contributed by atoms with Crippen molar-refractivity contribution in [2.75, 3.05) is 0 Å². The molecular formula is C15H23NO4. The molecule has 5 nitrogen and oxygen atoms in total. The van der Waals surface area contributed by atoms with E-state index >= 15 is 0 Å². The molecule has 1 atom stereocenters. The SMILES string of the molecule is C.CC(C)(C)OC(=O)N[C@@H](Cc1ccccc1)C(=O)O. The van der Waals surface area contributed by atoms with Gasteiger partial charge < -0.3 is 15.2 Å². The quantitative estimate of drug-likeness (QED) is 0.889. The summed E-state index contributed by atoms with van der Waals surface area (Å²) in [5, 5.41) is 11.5. The first-order valence-electron chi connectivity index (χ1n) is 6.04. The fourth-order valence-corrected chi connectivity index (χ4v) is 1.50. The van der Waals surface area contributed by atoms with E-state index in [-0.39, 0.29) is 13.8 Å². The molecule has 1 rings (SSSR count). The van der Waals surface area contributed by atoms with Gasteiger partial charge in [-0.1, -0.05) is 37.8 Å². The van der Waals surface area contributed by atoms with Gasteiger partial charge in [-0.25, -0.2) is 9.59 Å². The lowest BCUT2D eigenvalue weighted by Gasteiger charge is -2.22. The molecule has 0 unspecified atom stereocenters. The summed E-state index contributed by atoms with van der Waals surface area (Å²) in [7, 11) is 0. The van der Waals surface area contributed by atoms with E-state index in [0.717, 1.165) is 5.56 Å². The van der Waals surface area contributed by atoms with Gasteiger partial charge in [-0.2, -0.15) is 0 Å². The van der Waals surface area contributed by atoms with Crippen LogP contribution in [0.1, 0.15) is 33.8 Å². The summed E-state index contributed by atoms with van der Waals surface area (Å²) in [4.78, 5) is 22.7. The smallest absolute Gasteiger partial charge is 0.408 e. The van der Waals surface area contributed by atoms with Crippen molar-refractivity contribution in [3.05, 3.63) is 35.9 Å². The molecule has 0 radical (unpaired) electrons. The summed E-state index contributed by atoms with van der Waals surface area (Å²) in [6.07, 6.45) is -0.508. The van der Waals surface area contributed by atoms with E-state index in [2.05, 4.69) is 5.32 Å². The second-order valence-electron chi connectivity index (χ2n) is 5.23. The van der Waals surface area contributed by atoms with Crippen molar-refractivity contribution in [2.45, 2.75) is 46.3 Å². The highest BCUT2D eigenvalue weighted by Gasteiger charge is 2.23. The minimum absolute atomic E-state index is 0. The summed E-state index contributed by atoms with van der Waals surface area (Å²) in [5.41, 5.74) is 0.186. The van der Waals surface area contributed by atoms with E-state index in [9.17, 15) is 9.59 Å².